The van der Waals surface area contributed by atoms with Crippen LogP contribution in [0.25, 0.3) is 0 Å². The van der Waals surface area contributed by atoms with Gasteiger partial charge in [0.1, 0.15) is 12.7 Å². The topological polar surface area (TPSA) is 44.8 Å². The summed E-state index contributed by atoms with van der Waals surface area (Å²) in [5.74, 6) is 0. The van der Waals surface area contributed by atoms with E-state index in [1.165, 1.54) is 0 Å². The third kappa shape index (κ3) is 7.36. The zero-order valence-electron chi connectivity index (χ0n) is 8.40. The van der Waals surface area contributed by atoms with E-state index in [0.717, 1.165) is 0 Å². The van der Waals surface area contributed by atoms with Gasteiger partial charge in [-0.1, -0.05) is 12.2 Å². The molecule has 0 bridgehead atoms. The van der Waals surface area contributed by atoms with Gasteiger partial charge < -0.3 is 14.2 Å². The molecule has 0 spiro atoms. The number of rotatable bonds is 4. The van der Waals surface area contributed by atoms with Crippen LogP contribution in [-0.4, -0.2) is 32.1 Å². The standard InChI is InChI=1S/C6H10O.C4H6O3/c1-3-5-7-6-4-2;1-3-2-6-4(5)7-3/h3-4H,1-2,5-6H2;3H,2H2,1H3. The van der Waals surface area contributed by atoms with Gasteiger partial charge in [-0.2, -0.15) is 0 Å². The van der Waals surface area contributed by atoms with E-state index in [2.05, 4.69) is 22.6 Å². The molecule has 1 aliphatic heterocycles. The van der Waals surface area contributed by atoms with E-state index in [9.17, 15) is 4.79 Å². The third-order valence-electron chi connectivity index (χ3n) is 1.20. The first-order chi connectivity index (χ1) is 6.70. The third-order valence-corrected chi connectivity index (χ3v) is 1.20. The minimum Gasteiger partial charge on any atom is -0.430 e. The van der Waals surface area contributed by atoms with Crippen molar-refractivity contribution in [2.75, 3.05) is 19.8 Å². The van der Waals surface area contributed by atoms with Crippen LogP contribution in [0.15, 0.2) is 25.3 Å². The van der Waals surface area contributed by atoms with E-state index in [1.54, 1.807) is 19.1 Å². The largest absolute Gasteiger partial charge is 0.508 e. The van der Waals surface area contributed by atoms with Gasteiger partial charge >= 0.3 is 6.16 Å². The van der Waals surface area contributed by atoms with Gasteiger partial charge in [-0.05, 0) is 6.92 Å². The van der Waals surface area contributed by atoms with E-state index in [-0.39, 0.29) is 6.10 Å². The molecule has 80 valence electrons. The summed E-state index contributed by atoms with van der Waals surface area (Å²) in [6.07, 6.45) is 2.83. The molecule has 1 unspecified atom stereocenters. The number of carbonyl (C=O) groups is 1. The average molecular weight is 200 g/mol. The van der Waals surface area contributed by atoms with Crippen molar-refractivity contribution in [2.45, 2.75) is 13.0 Å². The highest BCUT2D eigenvalue weighted by Gasteiger charge is 2.19. The zero-order chi connectivity index (χ0) is 10.8. The molecule has 1 atom stereocenters. The average Bonchev–Trinajstić information content (AvgIpc) is 2.52. The van der Waals surface area contributed by atoms with Crippen LogP contribution in [-0.2, 0) is 14.2 Å². The number of ether oxygens (including phenoxy) is 3. The van der Waals surface area contributed by atoms with Crippen molar-refractivity contribution in [3.8, 4) is 0 Å². The molecule has 1 heterocycles. The molecule has 1 aliphatic rings. The maximum Gasteiger partial charge on any atom is 0.508 e. The fourth-order valence-corrected chi connectivity index (χ4v) is 0.652. The van der Waals surface area contributed by atoms with Crippen molar-refractivity contribution in [2.24, 2.45) is 0 Å². The smallest absolute Gasteiger partial charge is 0.430 e. The molecule has 0 saturated carbocycles. The van der Waals surface area contributed by atoms with E-state index >= 15 is 0 Å². The first-order valence-electron chi connectivity index (χ1n) is 4.33. The van der Waals surface area contributed by atoms with Gasteiger partial charge in [0.2, 0.25) is 0 Å². The minimum absolute atomic E-state index is 0.0486. The Morgan fingerprint density at radius 2 is 2.07 bits per heavy atom. The van der Waals surface area contributed by atoms with Crippen molar-refractivity contribution < 1.29 is 19.0 Å². The molecule has 1 rings (SSSR count). The maximum absolute atomic E-state index is 10.0. The number of cyclic esters (lactones) is 2. The Hall–Kier alpha value is -1.29. The first kappa shape index (κ1) is 12.7. The Balaban J connectivity index is 0.000000241. The lowest BCUT2D eigenvalue weighted by atomic mass is 10.5. The fraction of sp³-hybridized carbons (Fsp3) is 0.500. The van der Waals surface area contributed by atoms with Crippen LogP contribution in [0.3, 0.4) is 0 Å². The van der Waals surface area contributed by atoms with Crippen molar-refractivity contribution in [1.82, 2.24) is 0 Å². The molecule has 0 radical (unpaired) electrons. The molecule has 4 heteroatoms. The summed E-state index contributed by atoms with van der Waals surface area (Å²) >= 11 is 0. The van der Waals surface area contributed by atoms with Gasteiger partial charge in [-0.15, -0.1) is 13.2 Å². The van der Waals surface area contributed by atoms with Crippen LogP contribution >= 0.6 is 0 Å². The molecular weight excluding hydrogens is 184 g/mol. The number of hydrogen-bond acceptors (Lipinski definition) is 4. The molecule has 0 aromatic heterocycles. The lowest BCUT2D eigenvalue weighted by molar-refractivity contribution is 0.121. The van der Waals surface area contributed by atoms with Crippen LogP contribution in [0, 0.1) is 0 Å². The second-order valence-corrected chi connectivity index (χ2v) is 2.60. The van der Waals surface area contributed by atoms with E-state index < -0.39 is 6.16 Å². The SMILES string of the molecule is C=CCOCC=C.CC1COC(=O)O1. The van der Waals surface area contributed by atoms with Gasteiger partial charge in [-0.3, -0.25) is 0 Å². The highest BCUT2D eigenvalue weighted by atomic mass is 16.8. The van der Waals surface area contributed by atoms with Gasteiger partial charge in [0, 0.05) is 0 Å². The molecule has 14 heavy (non-hydrogen) atoms. The molecule has 0 N–H and O–H groups in total. The van der Waals surface area contributed by atoms with Gasteiger partial charge in [0.15, 0.2) is 0 Å². The van der Waals surface area contributed by atoms with Crippen molar-refractivity contribution in [3.05, 3.63) is 25.3 Å². The molecule has 4 nitrogen and oxygen atoms in total. The summed E-state index contributed by atoms with van der Waals surface area (Å²) in [5, 5.41) is 0. The van der Waals surface area contributed by atoms with Crippen LogP contribution in [0.4, 0.5) is 4.79 Å². The van der Waals surface area contributed by atoms with E-state index in [4.69, 9.17) is 4.74 Å². The van der Waals surface area contributed by atoms with Crippen molar-refractivity contribution in [1.29, 1.82) is 0 Å². The second-order valence-electron chi connectivity index (χ2n) is 2.60. The normalized spacial score (nSPS) is 18.6. The lowest BCUT2D eigenvalue weighted by Gasteiger charge is -1.90. The molecule has 0 aromatic carbocycles. The van der Waals surface area contributed by atoms with Gasteiger partial charge in [-0.25, -0.2) is 4.79 Å². The first-order valence-corrected chi connectivity index (χ1v) is 4.33. The fourth-order valence-electron chi connectivity index (χ4n) is 0.652. The quantitative estimate of drug-likeness (QED) is 0.395. The Morgan fingerprint density at radius 1 is 1.50 bits per heavy atom. The minimum atomic E-state index is -0.549. The summed E-state index contributed by atoms with van der Waals surface area (Å²) < 4.78 is 13.8. The predicted molar refractivity (Wildman–Crippen MR) is 53.1 cm³/mol. The number of carbonyl (C=O) groups excluding carboxylic acids is 1. The molecule has 1 fully saturated rings. The lowest BCUT2D eigenvalue weighted by Crippen LogP contribution is -2.01. The van der Waals surface area contributed by atoms with Crippen LogP contribution in [0.2, 0.25) is 0 Å². The highest BCUT2D eigenvalue weighted by molar-refractivity contribution is 5.61. The van der Waals surface area contributed by atoms with Crippen molar-refractivity contribution >= 4 is 6.16 Å². The van der Waals surface area contributed by atoms with E-state index in [0.29, 0.717) is 19.8 Å². The maximum atomic E-state index is 10.0. The summed E-state index contributed by atoms with van der Waals surface area (Å²) in [6.45, 7) is 10.4. The molecule has 0 aromatic rings. The zero-order valence-corrected chi connectivity index (χ0v) is 8.40. The number of hydrogen-bond donors (Lipinski definition) is 0. The summed E-state index contributed by atoms with van der Waals surface area (Å²) in [5.41, 5.74) is 0. The van der Waals surface area contributed by atoms with E-state index in [1.807, 2.05) is 0 Å². The predicted octanol–water partition coefficient (Wildman–Crippen LogP) is 1.92. The van der Waals surface area contributed by atoms with Crippen LogP contribution in [0.1, 0.15) is 6.92 Å². The Labute approximate surface area is 84.1 Å². The van der Waals surface area contributed by atoms with Gasteiger partial charge in [0.25, 0.3) is 0 Å². The Bertz CT molecular complexity index is 181. The summed E-state index contributed by atoms with van der Waals surface area (Å²) in [4.78, 5) is 10.0. The summed E-state index contributed by atoms with van der Waals surface area (Å²) in [6, 6.07) is 0. The molecule has 0 aliphatic carbocycles. The Kier molecular flexibility index (Phi) is 7.55. The van der Waals surface area contributed by atoms with Crippen LogP contribution in [0.5, 0.6) is 0 Å². The second kappa shape index (κ2) is 8.31. The van der Waals surface area contributed by atoms with Crippen LogP contribution < -0.4 is 0 Å². The summed E-state index contributed by atoms with van der Waals surface area (Å²) in [7, 11) is 0. The molecular formula is C10H16O4. The molecule has 1 saturated heterocycles. The molecule has 0 amide bonds. The highest BCUT2D eigenvalue weighted by Crippen LogP contribution is 2.02. The van der Waals surface area contributed by atoms with Crippen molar-refractivity contribution in [3.63, 3.8) is 0 Å². The Morgan fingerprint density at radius 3 is 2.29 bits per heavy atom. The van der Waals surface area contributed by atoms with Gasteiger partial charge in [0.05, 0.1) is 13.2 Å². The monoisotopic (exact) mass is 200 g/mol.